The highest BCUT2D eigenvalue weighted by molar-refractivity contribution is 5.80. The smallest absolute Gasteiger partial charge is 0.326 e. The van der Waals surface area contributed by atoms with E-state index in [4.69, 9.17) is 0 Å². The van der Waals surface area contributed by atoms with E-state index in [-0.39, 0.29) is 29.6 Å². The van der Waals surface area contributed by atoms with Crippen LogP contribution in [0.2, 0.25) is 0 Å². The van der Waals surface area contributed by atoms with Crippen LogP contribution >= 0.6 is 0 Å². The van der Waals surface area contributed by atoms with Gasteiger partial charge in [0, 0.05) is 25.7 Å². The maximum atomic E-state index is 13.2. The molecule has 2 fully saturated rings. The molecule has 5 rings (SSSR count). The van der Waals surface area contributed by atoms with Crippen molar-refractivity contribution in [3.63, 3.8) is 0 Å². The Morgan fingerprint density at radius 2 is 1.69 bits per heavy atom. The fraction of sp³-hybridized carbons (Fsp3) is 0.364. The highest BCUT2D eigenvalue weighted by atomic mass is 16.2. The number of hydrogen-bond donors (Lipinski definition) is 3. The molecule has 0 aliphatic carbocycles. The highest BCUT2D eigenvalue weighted by Crippen LogP contribution is 2.30. The van der Waals surface area contributed by atoms with Gasteiger partial charge in [-0.1, -0.05) is 42.5 Å². The van der Waals surface area contributed by atoms with Gasteiger partial charge in [-0.2, -0.15) is 0 Å². The maximum Gasteiger partial charge on any atom is 0.326 e. The van der Waals surface area contributed by atoms with E-state index in [1.54, 1.807) is 0 Å². The van der Waals surface area contributed by atoms with E-state index in [1.807, 2.05) is 51.9 Å². The van der Waals surface area contributed by atoms with Crippen LogP contribution in [0.4, 0.5) is 0 Å². The van der Waals surface area contributed by atoms with Crippen LogP contribution in [0, 0.1) is 5.92 Å². The summed E-state index contributed by atoms with van der Waals surface area (Å²) < 4.78 is 1.86. The molecule has 2 aliphatic heterocycles. The van der Waals surface area contributed by atoms with E-state index < -0.39 is 0 Å². The summed E-state index contributed by atoms with van der Waals surface area (Å²) in [5, 5.41) is 0. The number of amides is 1. The molecule has 7 nitrogen and oxygen atoms in total. The van der Waals surface area contributed by atoms with Gasteiger partial charge in [0.05, 0.1) is 23.0 Å². The second kappa shape index (κ2) is 7.50. The molecule has 2 unspecified atom stereocenters. The lowest BCUT2D eigenvalue weighted by molar-refractivity contribution is -0.136. The predicted molar refractivity (Wildman–Crippen MR) is 111 cm³/mol. The third-order valence-corrected chi connectivity index (χ3v) is 6.22. The SMILES string of the molecule is O=C(C1CNNC1c1ccccc1)N1CCC(n2c(=O)[nH]c3ccccc32)CC1. The Kier molecular flexibility index (Phi) is 4.69. The van der Waals surface area contributed by atoms with Gasteiger partial charge in [0.2, 0.25) is 5.91 Å². The molecule has 150 valence electrons. The molecule has 1 amide bonds. The van der Waals surface area contributed by atoms with Crippen LogP contribution in [0.25, 0.3) is 11.0 Å². The topological polar surface area (TPSA) is 82.2 Å². The van der Waals surface area contributed by atoms with E-state index in [0.29, 0.717) is 19.6 Å². The van der Waals surface area contributed by atoms with Crippen molar-refractivity contribution in [3.05, 3.63) is 70.6 Å². The Labute approximate surface area is 168 Å². The summed E-state index contributed by atoms with van der Waals surface area (Å²) in [5.41, 5.74) is 9.27. The van der Waals surface area contributed by atoms with Crippen molar-refractivity contribution in [1.82, 2.24) is 25.3 Å². The molecule has 3 aromatic rings. The number of hydrogen-bond acceptors (Lipinski definition) is 4. The number of aromatic amines is 1. The number of aromatic nitrogens is 2. The average molecular weight is 391 g/mol. The molecule has 3 heterocycles. The van der Waals surface area contributed by atoms with Crippen molar-refractivity contribution in [2.75, 3.05) is 19.6 Å². The van der Waals surface area contributed by atoms with Crippen LogP contribution in [0.5, 0.6) is 0 Å². The number of rotatable bonds is 3. The molecular formula is C22H25N5O2. The first-order chi connectivity index (χ1) is 14.2. The Bertz CT molecular complexity index is 1070. The molecule has 2 saturated heterocycles. The van der Waals surface area contributed by atoms with Crippen molar-refractivity contribution < 1.29 is 4.79 Å². The van der Waals surface area contributed by atoms with Crippen molar-refractivity contribution >= 4 is 16.9 Å². The molecule has 0 bridgehead atoms. The summed E-state index contributed by atoms with van der Waals surface area (Å²) in [6.45, 7) is 1.97. The lowest BCUT2D eigenvalue weighted by atomic mass is 9.92. The van der Waals surface area contributed by atoms with Crippen LogP contribution in [0.15, 0.2) is 59.4 Å². The van der Waals surface area contributed by atoms with Crippen LogP contribution in [0.3, 0.4) is 0 Å². The quantitative estimate of drug-likeness (QED) is 0.638. The number of carbonyl (C=O) groups is 1. The summed E-state index contributed by atoms with van der Waals surface area (Å²) >= 11 is 0. The van der Waals surface area contributed by atoms with E-state index in [2.05, 4.69) is 28.0 Å². The van der Waals surface area contributed by atoms with Crippen molar-refractivity contribution in [2.24, 2.45) is 5.92 Å². The minimum atomic E-state index is -0.121. The lowest BCUT2D eigenvalue weighted by Gasteiger charge is -2.34. The number of benzene rings is 2. The molecular weight excluding hydrogens is 366 g/mol. The van der Waals surface area contributed by atoms with Gasteiger partial charge in [-0.3, -0.25) is 14.8 Å². The summed E-state index contributed by atoms with van der Waals surface area (Å²) in [6.07, 6.45) is 1.58. The molecule has 2 atom stereocenters. The molecule has 3 N–H and O–H groups in total. The van der Waals surface area contributed by atoms with Gasteiger partial charge < -0.3 is 9.88 Å². The molecule has 2 aliphatic rings. The number of likely N-dealkylation sites (tertiary alicyclic amines) is 1. The van der Waals surface area contributed by atoms with Gasteiger partial charge in [0.15, 0.2) is 0 Å². The van der Waals surface area contributed by atoms with Gasteiger partial charge in [-0.15, -0.1) is 0 Å². The van der Waals surface area contributed by atoms with Crippen LogP contribution in [-0.2, 0) is 4.79 Å². The molecule has 0 radical (unpaired) electrons. The zero-order valence-electron chi connectivity index (χ0n) is 16.2. The lowest BCUT2D eigenvalue weighted by Crippen LogP contribution is -2.44. The molecule has 29 heavy (non-hydrogen) atoms. The zero-order chi connectivity index (χ0) is 19.8. The fourth-order valence-electron chi connectivity index (χ4n) is 4.72. The summed E-state index contributed by atoms with van der Waals surface area (Å²) in [4.78, 5) is 30.6. The third-order valence-electron chi connectivity index (χ3n) is 6.22. The second-order valence-electron chi connectivity index (χ2n) is 7.89. The molecule has 0 saturated carbocycles. The minimum absolute atomic E-state index is 0.0161. The van der Waals surface area contributed by atoms with E-state index in [0.717, 1.165) is 29.4 Å². The van der Waals surface area contributed by atoms with Gasteiger partial charge in [-0.05, 0) is 30.5 Å². The Morgan fingerprint density at radius 1 is 0.966 bits per heavy atom. The first-order valence-electron chi connectivity index (χ1n) is 10.2. The number of fused-ring (bicyclic) bond motifs is 1. The first-order valence-corrected chi connectivity index (χ1v) is 10.2. The van der Waals surface area contributed by atoms with Crippen LogP contribution in [-0.4, -0.2) is 40.0 Å². The zero-order valence-corrected chi connectivity index (χ0v) is 16.2. The van der Waals surface area contributed by atoms with Crippen LogP contribution in [0.1, 0.15) is 30.5 Å². The summed E-state index contributed by atoms with van der Waals surface area (Å²) in [6, 6.07) is 18.0. The highest BCUT2D eigenvalue weighted by Gasteiger charge is 2.37. The Morgan fingerprint density at radius 3 is 2.48 bits per heavy atom. The molecule has 1 aromatic heterocycles. The average Bonchev–Trinajstić information content (AvgIpc) is 3.38. The molecule has 7 heteroatoms. The predicted octanol–water partition coefficient (Wildman–Crippen LogP) is 1.96. The van der Waals surface area contributed by atoms with Gasteiger partial charge >= 0.3 is 5.69 Å². The number of nitrogens with zero attached hydrogens (tertiary/aromatic N) is 2. The number of H-pyrrole nitrogens is 1. The number of hydrazine groups is 1. The van der Waals surface area contributed by atoms with Gasteiger partial charge in [0.25, 0.3) is 0 Å². The van der Waals surface area contributed by atoms with Gasteiger partial charge in [-0.25, -0.2) is 10.2 Å². The molecule has 0 spiro atoms. The summed E-state index contributed by atoms with van der Waals surface area (Å²) in [7, 11) is 0. The van der Waals surface area contributed by atoms with E-state index in [9.17, 15) is 9.59 Å². The van der Waals surface area contributed by atoms with Crippen molar-refractivity contribution in [2.45, 2.75) is 24.9 Å². The van der Waals surface area contributed by atoms with E-state index >= 15 is 0 Å². The number of imidazole rings is 1. The van der Waals surface area contributed by atoms with Gasteiger partial charge in [0.1, 0.15) is 0 Å². The second-order valence-corrected chi connectivity index (χ2v) is 7.89. The van der Waals surface area contributed by atoms with E-state index in [1.165, 1.54) is 0 Å². The largest absolute Gasteiger partial charge is 0.342 e. The van der Waals surface area contributed by atoms with Crippen molar-refractivity contribution in [1.29, 1.82) is 0 Å². The number of carbonyl (C=O) groups excluding carboxylic acids is 1. The Hall–Kier alpha value is -2.90. The van der Waals surface area contributed by atoms with Crippen LogP contribution < -0.4 is 16.5 Å². The molecule has 2 aromatic carbocycles. The third kappa shape index (κ3) is 3.26. The number of para-hydroxylation sites is 2. The minimum Gasteiger partial charge on any atom is -0.342 e. The number of piperidine rings is 1. The first kappa shape index (κ1) is 18.1. The normalized spacial score (nSPS) is 23.0. The number of nitrogens with one attached hydrogen (secondary N) is 3. The van der Waals surface area contributed by atoms with Crippen molar-refractivity contribution in [3.8, 4) is 0 Å². The Balaban J connectivity index is 1.30. The fourth-order valence-corrected chi connectivity index (χ4v) is 4.72. The maximum absolute atomic E-state index is 13.2. The summed E-state index contributed by atoms with van der Waals surface area (Å²) in [5.74, 6) is 0.0610. The standard InChI is InChI=1S/C22H25N5O2/c28-21(17-14-23-25-20(17)15-6-2-1-3-7-15)26-12-10-16(11-13-26)27-19-9-5-4-8-18(19)24-22(27)29/h1-9,16-17,20,23,25H,10-14H2,(H,24,29). The monoisotopic (exact) mass is 391 g/mol.